The van der Waals surface area contributed by atoms with Gasteiger partial charge in [0.05, 0.1) is 0 Å². The number of hydrogen-bond acceptors (Lipinski definition) is 1. The molecule has 0 saturated carbocycles. The predicted octanol–water partition coefficient (Wildman–Crippen LogP) is -2.48. The van der Waals surface area contributed by atoms with Gasteiger partial charge < -0.3 is 21.6 Å². The first kappa shape index (κ1) is 17.5. The summed E-state index contributed by atoms with van der Waals surface area (Å²) in [6.07, 6.45) is 0.835. The second kappa shape index (κ2) is 10.4. The van der Waals surface area contributed by atoms with E-state index in [-0.39, 0.29) is 29.6 Å². The Morgan fingerprint density at radius 1 is 1.40 bits per heavy atom. The largest absolute Gasteiger partial charge is 1.00 e. The predicted molar refractivity (Wildman–Crippen MR) is 35.0 cm³/mol. The zero-order chi connectivity index (χ0) is 7.91. The molecule has 0 amide bonds. The number of halogens is 1. The van der Waals surface area contributed by atoms with Crippen molar-refractivity contribution in [3.63, 3.8) is 0 Å². The minimum atomic E-state index is -4.64. The van der Waals surface area contributed by atoms with Crippen LogP contribution in [0.15, 0.2) is 0 Å². The van der Waals surface area contributed by atoms with Gasteiger partial charge in [-0.25, -0.2) is 4.57 Å². The standard InChI is InChI=1S/C3H6Cl.Na.H3O4P/c1-2-3-4;;1-5(2,3)4/h1-3H2;;(H3,1,2,3,4)/q-1;+1;. The van der Waals surface area contributed by atoms with E-state index in [2.05, 4.69) is 6.92 Å². The number of phosphoric acid groups is 1. The Hall–Kier alpha value is 1.40. The molecule has 0 aliphatic rings. The van der Waals surface area contributed by atoms with Gasteiger partial charge in [0.25, 0.3) is 0 Å². The van der Waals surface area contributed by atoms with Gasteiger partial charge in [0.15, 0.2) is 0 Å². The van der Waals surface area contributed by atoms with Crippen LogP contribution in [0.3, 0.4) is 0 Å². The average Bonchev–Trinajstić information content (AvgIpc) is 1.61. The number of alkyl halides is 1. The number of hydrogen-bond donors (Lipinski definition) is 3. The third kappa shape index (κ3) is 115. The Balaban J connectivity index is -0.0000000910. The van der Waals surface area contributed by atoms with Crippen LogP contribution in [0.1, 0.15) is 6.42 Å². The molecule has 0 saturated heterocycles. The number of rotatable bonds is 1. The summed E-state index contributed by atoms with van der Waals surface area (Å²) < 4.78 is 8.88. The fourth-order valence-corrected chi connectivity index (χ4v) is 0. The van der Waals surface area contributed by atoms with E-state index in [0.717, 1.165) is 6.42 Å². The van der Waals surface area contributed by atoms with Gasteiger partial charge in [-0.1, -0.05) is 0 Å². The van der Waals surface area contributed by atoms with Gasteiger partial charge >= 0.3 is 37.4 Å². The first-order valence-corrected chi connectivity index (χ1v) is 4.15. The van der Waals surface area contributed by atoms with Crippen molar-refractivity contribution >= 4 is 19.4 Å². The molecule has 0 unspecified atom stereocenters. The Bertz CT molecular complexity index is 84.2. The van der Waals surface area contributed by atoms with Gasteiger partial charge in [-0.15, -0.1) is 11.6 Å². The molecule has 3 N–H and O–H groups in total. The van der Waals surface area contributed by atoms with E-state index in [4.69, 9.17) is 30.8 Å². The summed E-state index contributed by atoms with van der Waals surface area (Å²) in [4.78, 5) is 21.6. The molecule has 58 valence electrons. The zero-order valence-corrected chi connectivity index (χ0v) is 9.35. The van der Waals surface area contributed by atoms with Crippen molar-refractivity contribution in [1.82, 2.24) is 0 Å². The topological polar surface area (TPSA) is 77.8 Å². The maximum absolute atomic E-state index is 8.88. The normalized spacial score (nSPS) is 8.90. The molecule has 0 spiro atoms. The van der Waals surface area contributed by atoms with Crippen molar-refractivity contribution < 1.29 is 48.8 Å². The van der Waals surface area contributed by atoms with Crippen molar-refractivity contribution in [3.05, 3.63) is 6.92 Å². The van der Waals surface area contributed by atoms with E-state index < -0.39 is 7.82 Å². The SMILES string of the molecule is O=P(O)(O)O.[CH2-]CCCl.[Na+]. The van der Waals surface area contributed by atoms with Gasteiger partial charge in [0, 0.05) is 0 Å². The molecule has 0 aromatic heterocycles. The minimum absolute atomic E-state index is 0. The molecule has 0 aromatic carbocycles. The average molecular weight is 199 g/mol. The maximum atomic E-state index is 8.88. The summed E-state index contributed by atoms with van der Waals surface area (Å²) in [5.74, 6) is 0.681. The molecule has 0 radical (unpaired) electrons. The smallest absolute Gasteiger partial charge is 0.342 e. The maximum Gasteiger partial charge on any atom is 1.00 e. The van der Waals surface area contributed by atoms with Crippen LogP contribution in [-0.4, -0.2) is 20.6 Å². The third-order valence-electron chi connectivity index (χ3n) is 0.134. The molecule has 10 heavy (non-hydrogen) atoms. The fraction of sp³-hybridized carbons (Fsp3) is 0.667. The molecule has 7 heteroatoms. The molecule has 0 aromatic rings. The summed E-state index contributed by atoms with van der Waals surface area (Å²) >= 11 is 5.12. The molecular formula is C3H9ClNaO4P. The summed E-state index contributed by atoms with van der Waals surface area (Å²) in [6.45, 7) is 3.47. The van der Waals surface area contributed by atoms with Crippen molar-refractivity contribution in [1.29, 1.82) is 0 Å². The van der Waals surface area contributed by atoms with Crippen LogP contribution >= 0.6 is 19.4 Å². The monoisotopic (exact) mass is 198 g/mol. The molecule has 0 atom stereocenters. The Morgan fingerprint density at radius 3 is 1.50 bits per heavy atom. The summed E-state index contributed by atoms with van der Waals surface area (Å²) in [5.41, 5.74) is 0. The van der Waals surface area contributed by atoms with Gasteiger partial charge in [-0.2, -0.15) is 6.42 Å². The molecule has 0 aliphatic carbocycles. The Labute approximate surface area is 87.1 Å². The summed E-state index contributed by atoms with van der Waals surface area (Å²) in [5, 5.41) is 0. The van der Waals surface area contributed by atoms with Crippen molar-refractivity contribution in [2.45, 2.75) is 6.42 Å². The summed E-state index contributed by atoms with van der Waals surface area (Å²) in [7, 11) is -4.64. The van der Waals surface area contributed by atoms with Gasteiger partial charge in [-0.05, 0) is 5.88 Å². The Morgan fingerprint density at radius 2 is 1.50 bits per heavy atom. The van der Waals surface area contributed by atoms with E-state index in [1.54, 1.807) is 0 Å². The second-order valence-corrected chi connectivity index (χ2v) is 2.46. The second-order valence-electron chi connectivity index (χ2n) is 1.06. The van der Waals surface area contributed by atoms with Gasteiger partial charge in [0.2, 0.25) is 0 Å². The van der Waals surface area contributed by atoms with E-state index in [9.17, 15) is 0 Å². The van der Waals surface area contributed by atoms with E-state index in [0.29, 0.717) is 5.88 Å². The first-order valence-electron chi connectivity index (χ1n) is 2.05. The van der Waals surface area contributed by atoms with Crippen LogP contribution in [-0.2, 0) is 4.57 Å². The minimum Gasteiger partial charge on any atom is -0.342 e. The molecule has 0 heterocycles. The Kier molecular flexibility index (Phi) is 18.2. The molecule has 0 rings (SSSR count). The van der Waals surface area contributed by atoms with Crippen LogP contribution in [0, 0.1) is 6.92 Å². The van der Waals surface area contributed by atoms with E-state index >= 15 is 0 Å². The van der Waals surface area contributed by atoms with E-state index in [1.807, 2.05) is 0 Å². The van der Waals surface area contributed by atoms with Crippen molar-refractivity contribution in [2.75, 3.05) is 5.88 Å². The third-order valence-corrected chi connectivity index (χ3v) is 0.401. The first-order chi connectivity index (χ1) is 3.91. The fourth-order valence-electron chi connectivity index (χ4n) is 0. The van der Waals surface area contributed by atoms with Crippen LogP contribution < -0.4 is 29.6 Å². The molecule has 0 bridgehead atoms. The molecule has 0 aliphatic heterocycles. The van der Waals surface area contributed by atoms with Gasteiger partial charge in [-0.3, -0.25) is 0 Å². The van der Waals surface area contributed by atoms with Crippen LogP contribution in [0.25, 0.3) is 0 Å². The molecular weight excluding hydrogens is 189 g/mol. The van der Waals surface area contributed by atoms with Crippen molar-refractivity contribution in [3.8, 4) is 0 Å². The van der Waals surface area contributed by atoms with Crippen LogP contribution in [0.5, 0.6) is 0 Å². The zero-order valence-electron chi connectivity index (χ0n) is 5.70. The van der Waals surface area contributed by atoms with Crippen LogP contribution in [0.4, 0.5) is 0 Å². The van der Waals surface area contributed by atoms with Crippen molar-refractivity contribution in [2.24, 2.45) is 0 Å². The van der Waals surface area contributed by atoms with E-state index in [1.165, 1.54) is 0 Å². The summed E-state index contributed by atoms with van der Waals surface area (Å²) in [6, 6.07) is 0. The quantitative estimate of drug-likeness (QED) is 0.189. The molecule has 4 nitrogen and oxygen atoms in total. The van der Waals surface area contributed by atoms with Gasteiger partial charge in [0.1, 0.15) is 0 Å². The molecule has 0 fully saturated rings. The van der Waals surface area contributed by atoms with Crippen LogP contribution in [0.2, 0.25) is 0 Å².